The molecule has 3 heterocycles. The smallest absolute Gasteiger partial charge is 0.235 e. The van der Waals surface area contributed by atoms with Gasteiger partial charge in [0.25, 0.3) is 0 Å². The number of hydrogen-bond donors (Lipinski definition) is 1. The quantitative estimate of drug-likeness (QED) is 0.581. The molecule has 0 radical (unpaired) electrons. The number of fused-ring (bicyclic) bond motifs is 1. The van der Waals surface area contributed by atoms with Gasteiger partial charge < -0.3 is 9.73 Å². The van der Waals surface area contributed by atoms with Crippen LogP contribution in [0.5, 0.6) is 0 Å². The molecule has 1 N–H and O–H groups in total. The number of nitrogens with one attached hydrogen (secondary N) is 1. The second kappa shape index (κ2) is 5.93. The summed E-state index contributed by atoms with van der Waals surface area (Å²) in [4.78, 5) is 10.4. The molecular weight excluding hydrogens is 334 g/mol. The number of anilines is 1. The molecule has 1 aliphatic rings. The molecule has 3 aromatic heterocycles. The number of benzene rings is 1. The molecule has 6 nitrogen and oxygen atoms in total. The first kappa shape index (κ1) is 14.5. The van der Waals surface area contributed by atoms with Gasteiger partial charge >= 0.3 is 0 Å². The third-order valence-electron chi connectivity index (χ3n) is 4.16. The molecule has 1 saturated carbocycles. The molecule has 4 aromatic rings. The summed E-state index contributed by atoms with van der Waals surface area (Å²) in [6, 6.07) is 12.0. The van der Waals surface area contributed by atoms with E-state index >= 15 is 0 Å². The van der Waals surface area contributed by atoms with Crippen LogP contribution in [-0.2, 0) is 6.54 Å². The molecule has 0 amide bonds. The summed E-state index contributed by atoms with van der Waals surface area (Å²) < 4.78 is 5.72. The maximum atomic E-state index is 5.72. The molecule has 1 aliphatic carbocycles. The van der Waals surface area contributed by atoms with Gasteiger partial charge in [0.2, 0.25) is 11.8 Å². The summed E-state index contributed by atoms with van der Waals surface area (Å²) in [5, 5.41) is 14.6. The largest absolute Gasteiger partial charge is 0.423 e. The summed E-state index contributed by atoms with van der Waals surface area (Å²) in [6.07, 6.45) is 2.30. The van der Waals surface area contributed by atoms with Gasteiger partial charge in [-0.2, -0.15) is 0 Å². The van der Waals surface area contributed by atoms with Crippen molar-refractivity contribution in [3.63, 3.8) is 0 Å². The van der Waals surface area contributed by atoms with Crippen molar-refractivity contribution in [3.8, 4) is 10.7 Å². The third-order valence-corrected chi connectivity index (χ3v) is 5.03. The van der Waals surface area contributed by atoms with E-state index in [1.807, 2.05) is 41.8 Å². The van der Waals surface area contributed by atoms with Crippen LogP contribution >= 0.6 is 11.3 Å². The Morgan fingerprint density at radius 2 is 2.00 bits per heavy atom. The molecule has 0 aliphatic heterocycles. The third kappa shape index (κ3) is 2.87. The van der Waals surface area contributed by atoms with Crippen molar-refractivity contribution in [2.45, 2.75) is 25.3 Å². The van der Waals surface area contributed by atoms with Gasteiger partial charge in [-0.1, -0.05) is 18.2 Å². The van der Waals surface area contributed by atoms with Crippen LogP contribution in [0.25, 0.3) is 21.6 Å². The van der Waals surface area contributed by atoms with Crippen LogP contribution < -0.4 is 5.32 Å². The fourth-order valence-corrected chi connectivity index (χ4v) is 3.38. The number of nitrogens with zero attached hydrogens (tertiary/aromatic N) is 4. The van der Waals surface area contributed by atoms with E-state index in [9.17, 15) is 0 Å². The molecule has 0 unspecified atom stereocenters. The monoisotopic (exact) mass is 349 g/mol. The fourth-order valence-electron chi connectivity index (χ4n) is 2.72. The zero-order valence-electron chi connectivity index (χ0n) is 13.3. The molecule has 1 aromatic carbocycles. The standard InChI is InChI=1S/C18H15N5OS/c1-2-5-13-12(4-1)16(21-17(20-13)14-6-3-9-25-14)19-10-15-22-23-18(24-15)11-7-8-11/h1-6,9,11H,7-8,10H2,(H,19,20,21). The zero-order valence-corrected chi connectivity index (χ0v) is 14.2. The zero-order chi connectivity index (χ0) is 16.6. The fraction of sp³-hybridized carbons (Fsp3) is 0.222. The minimum atomic E-state index is 0.449. The summed E-state index contributed by atoms with van der Waals surface area (Å²) >= 11 is 1.63. The number of hydrogen-bond acceptors (Lipinski definition) is 7. The molecule has 7 heteroatoms. The molecule has 0 bridgehead atoms. The number of aromatic nitrogens is 4. The highest BCUT2D eigenvalue weighted by molar-refractivity contribution is 7.13. The van der Waals surface area contributed by atoms with Crippen LogP contribution in [0.3, 0.4) is 0 Å². The Morgan fingerprint density at radius 1 is 1.08 bits per heavy atom. The van der Waals surface area contributed by atoms with Crippen LogP contribution in [0.4, 0.5) is 5.82 Å². The van der Waals surface area contributed by atoms with E-state index in [-0.39, 0.29) is 0 Å². The van der Waals surface area contributed by atoms with Gasteiger partial charge in [-0.3, -0.25) is 0 Å². The Bertz CT molecular complexity index is 1020. The van der Waals surface area contributed by atoms with Crippen molar-refractivity contribution in [1.29, 1.82) is 0 Å². The van der Waals surface area contributed by atoms with Gasteiger partial charge in [0.05, 0.1) is 16.9 Å². The van der Waals surface area contributed by atoms with Crippen molar-refractivity contribution in [2.75, 3.05) is 5.32 Å². The molecular formula is C18H15N5OS. The highest BCUT2D eigenvalue weighted by atomic mass is 32.1. The molecule has 0 atom stereocenters. The van der Waals surface area contributed by atoms with Gasteiger partial charge in [-0.15, -0.1) is 21.5 Å². The second-order valence-electron chi connectivity index (χ2n) is 6.05. The van der Waals surface area contributed by atoms with Crippen molar-refractivity contribution >= 4 is 28.1 Å². The summed E-state index contributed by atoms with van der Waals surface area (Å²) in [6.45, 7) is 0.449. The SMILES string of the molecule is c1csc(-c2nc(NCc3nnc(C4CC4)o3)c3ccccc3n2)c1. The highest BCUT2D eigenvalue weighted by Crippen LogP contribution is 2.39. The summed E-state index contributed by atoms with van der Waals surface area (Å²) in [7, 11) is 0. The molecule has 0 saturated heterocycles. The van der Waals surface area contributed by atoms with E-state index in [1.165, 1.54) is 0 Å². The minimum absolute atomic E-state index is 0.449. The maximum absolute atomic E-state index is 5.72. The average Bonchev–Trinajstić information content (AvgIpc) is 3.16. The number of rotatable bonds is 5. The van der Waals surface area contributed by atoms with E-state index in [2.05, 4.69) is 20.5 Å². The van der Waals surface area contributed by atoms with E-state index < -0.39 is 0 Å². The maximum Gasteiger partial charge on any atom is 0.235 e. The first-order valence-electron chi connectivity index (χ1n) is 8.23. The van der Waals surface area contributed by atoms with E-state index in [0.717, 1.165) is 46.2 Å². The Hall–Kier alpha value is -2.80. The topological polar surface area (TPSA) is 76.7 Å². The van der Waals surface area contributed by atoms with Crippen molar-refractivity contribution in [3.05, 3.63) is 53.6 Å². The predicted octanol–water partition coefficient (Wildman–Crippen LogP) is 4.23. The van der Waals surface area contributed by atoms with Crippen LogP contribution in [0, 0.1) is 0 Å². The number of para-hydroxylation sites is 1. The Kier molecular flexibility index (Phi) is 3.45. The minimum Gasteiger partial charge on any atom is -0.423 e. The van der Waals surface area contributed by atoms with Gasteiger partial charge in [0, 0.05) is 11.3 Å². The van der Waals surface area contributed by atoms with Crippen LogP contribution in [0.1, 0.15) is 30.5 Å². The molecule has 5 rings (SSSR count). The average molecular weight is 349 g/mol. The highest BCUT2D eigenvalue weighted by Gasteiger charge is 2.29. The van der Waals surface area contributed by atoms with E-state index in [4.69, 9.17) is 9.40 Å². The van der Waals surface area contributed by atoms with Crippen molar-refractivity contribution in [1.82, 2.24) is 20.2 Å². The lowest BCUT2D eigenvalue weighted by Crippen LogP contribution is -2.04. The van der Waals surface area contributed by atoms with Crippen molar-refractivity contribution in [2.24, 2.45) is 0 Å². The Balaban J connectivity index is 1.47. The molecule has 0 spiro atoms. The lowest BCUT2D eigenvalue weighted by Gasteiger charge is -2.09. The van der Waals surface area contributed by atoms with Gasteiger partial charge in [-0.25, -0.2) is 9.97 Å². The Labute approximate surface area is 148 Å². The lowest BCUT2D eigenvalue weighted by atomic mass is 10.2. The van der Waals surface area contributed by atoms with Gasteiger partial charge in [0.15, 0.2) is 5.82 Å². The lowest BCUT2D eigenvalue weighted by molar-refractivity contribution is 0.457. The normalized spacial score (nSPS) is 14.1. The van der Waals surface area contributed by atoms with Gasteiger partial charge in [-0.05, 0) is 36.4 Å². The van der Waals surface area contributed by atoms with E-state index in [1.54, 1.807) is 11.3 Å². The molecule has 25 heavy (non-hydrogen) atoms. The van der Waals surface area contributed by atoms with Gasteiger partial charge in [0.1, 0.15) is 5.82 Å². The van der Waals surface area contributed by atoms with Crippen LogP contribution in [0.15, 0.2) is 46.2 Å². The predicted molar refractivity (Wildman–Crippen MR) is 96.5 cm³/mol. The first-order chi connectivity index (χ1) is 12.4. The number of thiophene rings is 1. The second-order valence-corrected chi connectivity index (χ2v) is 7.00. The summed E-state index contributed by atoms with van der Waals surface area (Å²) in [5.74, 6) is 3.30. The summed E-state index contributed by atoms with van der Waals surface area (Å²) in [5.41, 5.74) is 0.910. The van der Waals surface area contributed by atoms with Crippen LogP contribution in [-0.4, -0.2) is 20.2 Å². The first-order valence-corrected chi connectivity index (χ1v) is 9.11. The Morgan fingerprint density at radius 3 is 2.84 bits per heavy atom. The van der Waals surface area contributed by atoms with Crippen LogP contribution in [0.2, 0.25) is 0 Å². The molecule has 1 fully saturated rings. The van der Waals surface area contributed by atoms with E-state index in [0.29, 0.717) is 18.4 Å². The molecule has 124 valence electrons. The van der Waals surface area contributed by atoms with Crippen molar-refractivity contribution < 1.29 is 4.42 Å².